The zero-order chi connectivity index (χ0) is 21.7. The van der Waals surface area contributed by atoms with Gasteiger partial charge in [0.05, 0.1) is 18.0 Å². The minimum absolute atomic E-state index is 0.248. The standard InChI is InChI=1S/C23H33N3O3S/c1-17(2)30(27,28)26(3)20-12-13-22(29-4)19(15-20)16-25-21-11-8-14-24-23(21)18-9-6-5-7-10-18/h5-7,9-10,12-13,15,17,21,23-25H,8,11,14,16H2,1-4H3. The summed E-state index contributed by atoms with van der Waals surface area (Å²) in [5, 5.41) is 6.83. The number of hydrogen-bond donors (Lipinski definition) is 2. The Morgan fingerprint density at radius 3 is 2.60 bits per heavy atom. The molecule has 1 saturated heterocycles. The van der Waals surface area contributed by atoms with Crippen LogP contribution in [0.2, 0.25) is 0 Å². The summed E-state index contributed by atoms with van der Waals surface area (Å²) in [6, 6.07) is 16.6. The molecule has 3 rings (SSSR count). The topological polar surface area (TPSA) is 70.7 Å². The number of hydrogen-bond acceptors (Lipinski definition) is 5. The van der Waals surface area contributed by atoms with Crippen molar-refractivity contribution in [1.29, 1.82) is 0 Å². The largest absolute Gasteiger partial charge is 0.496 e. The Morgan fingerprint density at radius 2 is 1.93 bits per heavy atom. The Morgan fingerprint density at radius 1 is 1.20 bits per heavy atom. The number of ether oxygens (including phenoxy) is 1. The Bertz CT molecular complexity index is 932. The summed E-state index contributed by atoms with van der Waals surface area (Å²) in [5.41, 5.74) is 2.86. The quantitative estimate of drug-likeness (QED) is 0.670. The van der Waals surface area contributed by atoms with Crippen LogP contribution >= 0.6 is 0 Å². The molecule has 0 radical (unpaired) electrons. The van der Waals surface area contributed by atoms with Gasteiger partial charge in [0.25, 0.3) is 0 Å². The van der Waals surface area contributed by atoms with E-state index in [0.29, 0.717) is 12.2 Å². The number of methoxy groups -OCH3 is 1. The first-order valence-electron chi connectivity index (χ1n) is 10.5. The van der Waals surface area contributed by atoms with Crippen molar-refractivity contribution >= 4 is 15.7 Å². The van der Waals surface area contributed by atoms with Gasteiger partial charge in [0.15, 0.2) is 0 Å². The van der Waals surface area contributed by atoms with Crippen molar-refractivity contribution in [2.75, 3.05) is 25.0 Å². The maximum atomic E-state index is 12.6. The minimum Gasteiger partial charge on any atom is -0.496 e. The second kappa shape index (κ2) is 9.81. The van der Waals surface area contributed by atoms with Gasteiger partial charge in [-0.1, -0.05) is 30.3 Å². The van der Waals surface area contributed by atoms with Gasteiger partial charge in [-0.3, -0.25) is 4.31 Å². The average molecular weight is 432 g/mol. The molecule has 7 heteroatoms. The third-order valence-electron chi connectivity index (χ3n) is 5.78. The first-order chi connectivity index (χ1) is 14.3. The van der Waals surface area contributed by atoms with Crippen LogP contribution < -0.4 is 19.7 Å². The number of sulfonamides is 1. The molecule has 2 aromatic carbocycles. The number of piperidine rings is 1. The van der Waals surface area contributed by atoms with E-state index in [1.54, 1.807) is 34.1 Å². The van der Waals surface area contributed by atoms with E-state index < -0.39 is 15.3 Å². The van der Waals surface area contributed by atoms with Crippen molar-refractivity contribution in [3.8, 4) is 5.75 Å². The van der Waals surface area contributed by atoms with E-state index in [1.165, 1.54) is 9.87 Å². The van der Waals surface area contributed by atoms with Crippen molar-refractivity contribution < 1.29 is 13.2 Å². The van der Waals surface area contributed by atoms with Crippen LogP contribution in [0.5, 0.6) is 5.75 Å². The highest BCUT2D eigenvalue weighted by Crippen LogP contribution is 2.28. The van der Waals surface area contributed by atoms with E-state index in [-0.39, 0.29) is 12.1 Å². The van der Waals surface area contributed by atoms with Crippen LogP contribution in [0.1, 0.15) is 43.9 Å². The van der Waals surface area contributed by atoms with Gasteiger partial charge in [-0.25, -0.2) is 8.42 Å². The van der Waals surface area contributed by atoms with Gasteiger partial charge in [0.2, 0.25) is 10.0 Å². The van der Waals surface area contributed by atoms with Gasteiger partial charge in [-0.05, 0) is 57.0 Å². The number of nitrogens with one attached hydrogen (secondary N) is 2. The predicted molar refractivity (Wildman–Crippen MR) is 123 cm³/mol. The normalized spacial score (nSPS) is 19.6. The lowest BCUT2D eigenvalue weighted by molar-refractivity contribution is 0.303. The highest BCUT2D eigenvalue weighted by molar-refractivity contribution is 7.93. The van der Waals surface area contributed by atoms with E-state index >= 15 is 0 Å². The first kappa shape index (κ1) is 22.6. The summed E-state index contributed by atoms with van der Waals surface area (Å²) in [5.74, 6) is 0.752. The fourth-order valence-corrected chi connectivity index (χ4v) is 4.96. The lowest BCUT2D eigenvalue weighted by Gasteiger charge is -2.34. The van der Waals surface area contributed by atoms with Gasteiger partial charge >= 0.3 is 0 Å². The molecule has 1 aliphatic rings. The molecular formula is C23H33N3O3S. The second-order valence-corrected chi connectivity index (χ2v) is 10.5. The van der Waals surface area contributed by atoms with Crippen LogP contribution in [0.4, 0.5) is 5.69 Å². The monoisotopic (exact) mass is 431 g/mol. The van der Waals surface area contributed by atoms with Crippen LogP contribution in [0.25, 0.3) is 0 Å². The summed E-state index contributed by atoms with van der Waals surface area (Å²) in [6.07, 6.45) is 2.20. The van der Waals surface area contributed by atoms with E-state index in [1.807, 2.05) is 18.2 Å². The van der Waals surface area contributed by atoms with Crippen LogP contribution in [-0.4, -0.2) is 40.4 Å². The summed E-state index contributed by atoms with van der Waals surface area (Å²) >= 11 is 0. The van der Waals surface area contributed by atoms with Gasteiger partial charge in [-0.2, -0.15) is 0 Å². The Balaban J connectivity index is 1.80. The van der Waals surface area contributed by atoms with Crippen molar-refractivity contribution in [3.63, 3.8) is 0 Å². The minimum atomic E-state index is -3.38. The van der Waals surface area contributed by atoms with Gasteiger partial charge in [0.1, 0.15) is 5.75 Å². The number of anilines is 1. The molecule has 1 fully saturated rings. The van der Waals surface area contributed by atoms with Gasteiger partial charge < -0.3 is 15.4 Å². The number of rotatable bonds is 8. The molecule has 164 valence electrons. The van der Waals surface area contributed by atoms with Crippen LogP contribution in [0.3, 0.4) is 0 Å². The second-order valence-electron chi connectivity index (χ2n) is 8.03. The Hall–Kier alpha value is -2.09. The predicted octanol–water partition coefficient (Wildman–Crippen LogP) is 3.45. The van der Waals surface area contributed by atoms with E-state index in [2.05, 4.69) is 34.9 Å². The molecule has 0 aliphatic carbocycles. The van der Waals surface area contributed by atoms with Gasteiger partial charge in [-0.15, -0.1) is 0 Å². The molecule has 0 saturated carbocycles. The van der Waals surface area contributed by atoms with Crippen molar-refractivity contribution in [2.24, 2.45) is 0 Å². The highest BCUT2D eigenvalue weighted by atomic mass is 32.2. The number of nitrogens with zero attached hydrogens (tertiary/aromatic N) is 1. The fraction of sp³-hybridized carbons (Fsp3) is 0.478. The smallest absolute Gasteiger partial charge is 0.237 e. The summed E-state index contributed by atoms with van der Waals surface area (Å²) in [4.78, 5) is 0. The highest BCUT2D eigenvalue weighted by Gasteiger charge is 2.26. The van der Waals surface area contributed by atoms with Crippen molar-refractivity contribution in [2.45, 2.75) is 50.6 Å². The lowest BCUT2D eigenvalue weighted by atomic mass is 9.92. The SMILES string of the molecule is COc1ccc(N(C)S(=O)(=O)C(C)C)cc1CNC1CCCNC1c1ccccc1. The number of benzene rings is 2. The molecule has 0 aromatic heterocycles. The maximum Gasteiger partial charge on any atom is 0.237 e. The fourth-order valence-electron chi connectivity index (χ4n) is 3.92. The molecule has 2 aromatic rings. The molecule has 2 unspecified atom stereocenters. The Labute approximate surface area is 180 Å². The maximum absolute atomic E-state index is 12.6. The molecule has 0 spiro atoms. The molecule has 0 bridgehead atoms. The average Bonchev–Trinajstić information content (AvgIpc) is 2.77. The lowest BCUT2D eigenvalue weighted by Crippen LogP contribution is -2.45. The summed E-state index contributed by atoms with van der Waals surface area (Å²) < 4.78 is 32.0. The molecule has 1 aliphatic heterocycles. The zero-order valence-electron chi connectivity index (χ0n) is 18.3. The molecule has 6 nitrogen and oxygen atoms in total. The van der Waals surface area contributed by atoms with Crippen molar-refractivity contribution in [3.05, 3.63) is 59.7 Å². The molecular weight excluding hydrogens is 398 g/mol. The van der Waals surface area contributed by atoms with Crippen LogP contribution in [0.15, 0.2) is 48.5 Å². The van der Waals surface area contributed by atoms with Gasteiger partial charge in [0, 0.05) is 31.2 Å². The Kier molecular flexibility index (Phi) is 7.39. The van der Waals surface area contributed by atoms with E-state index in [4.69, 9.17) is 4.74 Å². The summed E-state index contributed by atoms with van der Waals surface area (Å²) in [6.45, 7) is 4.99. The van der Waals surface area contributed by atoms with Crippen LogP contribution in [-0.2, 0) is 16.6 Å². The van der Waals surface area contributed by atoms with Crippen molar-refractivity contribution in [1.82, 2.24) is 10.6 Å². The van der Waals surface area contributed by atoms with Crippen LogP contribution in [0, 0.1) is 0 Å². The molecule has 1 heterocycles. The third kappa shape index (κ3) is 4.96. The zero-order valence-corrected chi connectivity index (χ0v) is 19.1. The molecule has 2 atom stereocenters. The first-order valence-corrected chi connectivity index (χ1v) is 12.0. The third-order valence-corrected chi connectivity index (χ3v) is 7.94. The van der Waals surface area contributed by atoms with E-state index in [9.17, 15) is 8.42 Å². The molecule has 2 N–H and O–H groups in total. The molecule has 30 heavy (non-hydrogen) atoms. The molecule has 0 amide bonds. The van der Waals surface area contributed by atoms with E-state index in [0.717, 1.165) is 30.7 Å². The summed E-state index contributed by atoms with van der Waals surface area (Å²) in [7, 11) is -0.141.